The van der Waals surface area contributed by atoms with Gasteiger partial charge in [-0.3, -0.25) is 9.59 Å². The molecule has 1 aromatic rings. The lowest BCUT2D eigenvalue weighted by atomic mass is 9.94. The van der Waals surface area contributed by atoms with Gasteiger partial charge in [0.05, 0.1) is 4.90 Å². The molecule has 0 aromatic heterocycles. The molecule has 1 aliphatic rings. The predicted molar refractivity (Wildman–Crippen MR) is 108 cm³/mol. The summed E-state index contributed by atoms with van der Waals surface area (Å²) in [6.45, 7) is 11.3. The van der Waals surface area contributed by atoms with E-state index in [0.717, 1.165) is 5.56 Å². The van der Waals surface area contributed by atoms with Crippen LogP contribution in [0.25, 0.3) is 0 Å². The molecule has 0 spiro atoms. The third-order valence-corrected chi connectivity index (χ3v) is 6.43. The molecule has 1 aliphatic heterocycles. The molecule has 0 atom stereocenters. The maximum absolute atomic E-state index is 12.5. The zero-order valence-electron chi connectivity index (χ0n) is 17.4. The number of amides is 2. The Hall–Kier alpha value is -1.93. The first kappa shape index (κ1) is 22.4. The summed E-state index contributed by atoms with van der Waals surface area (Å²) in [5.41, 5.74) is 1.24. The van der Waals surface area contributed by atoms with Gasteiger partial charge in [0, 0.05) is 44.6 Å². The molecule has 2 amide bonds. The Kier molecular flexibility index (Phi) is 6.88. The van der Waals surface area contributed by atoms with Crippen LogP contribution >= 0.6 is 0 Å². The highest BCUT2D eigenvalue weighted by Crippen LogP contribution is 2.19. The molecular formula is C20H31N3O4S. The lowest BCUT2D eigenvalue weighted by Crippen LogP contribution is -2.53. The van der Waals surface area contributed by atoms with Crippen molar-refractivity contribution >= 4 is 21.8 Å². The number of nitrogens with one attached hydrogen (secondary N) is 1. The predicted octanol–water partition coefficient (Wildman–Crippen LogP) is 1.69. The lowest BCUT2D eigenvalue weighted by molar-refractivity contribution is -0.144. The van der Waals surface area contributed by atoms with Crippen LogP contribution in [0.2, 0.25) is 0 Å². The highest BCUT2D eigenvalue weighted by atomic mass is 32.2. The summed E-state index contributed by atoms with van der Waals surface area (Å²) < 4.78 is 27.4. The Morgan fingerprint density at radius 1 is 1.04 bits per heavy atom. The van der Waals surface area contributed by atoms with Gasteiger partial charge in [-0.2, -0.15) is 0 Å². The van der Waals surface area contributed by atoms with Gasteiger partial charge in [-0.15, -0.1) is 0 Å². The van der Waals surface area contributed by atoms with Crippen LogP contribution in [-0.2, 0) is 19.6 Å². The number of benzene rings is 1. The van der Waals surface area contributed by atoms with E-state index in [1.807, 2.05) is 33.8 Å². The van der Waals surface area contributed by atoms with Crippen molar-refractivity contribution in [1.82, 2.24) is 14.5 Å². The van der Waals surface area contributed by atoms with Crippen LogP contribution in [0.15, 0.2) is 23.1 Å². The van der Waals surface area contributed by atoms with E-state index in [2.05, 4.69) is 4.72 Å². The van der Waals surface area contributed by atoms with Gasteiger partial charge in [-0.05, 0) is 25.5 Å². The standard InChI is InChI=1S/C20H31N3O4S/c1-15-6-7-17(16(2)14-15)28(26,27)21-9-8-18(24)22-10-12-23(13-11-22)19(25)20(3,4)5/h6-7,14,21H,8-13H2,1-5H3. The van der Waals surface area contributed by atoms with Crippen molar-refractivity contribution in [1.29, 1.82) is 0 Å². The molecule has 1 N–H and O–H groups in total. The number of hydrogen-bond acceptors (Lipinski definition) is 4. The molecule has 0 radical (unpaired) electrons. The van der Waals surface area contributed by atoms with Crippen molar-refractivity contribution in [3.63, 3.8) is 0 Å². The first-order chi connectivity index (χ1) is 12.9. The molecule has 8 heteroatoms. The molecule has 0 saturated carbocycles. The minimum Gasteiger partial charge on any atom is -0.339 e. The Morgan fingerprint density at radius 3 is 2.14 bits per heavy atom. The van der Waals surface area contributed by atoms with Crippen LogP contribution in [0.1, 0.15) is 38.3 Å². The highest BCUT2D eigenvalue weighted by molar-refractivity contribution is 7.89. The average molecular weight is 410 g/mol. The van der Waals surface area contributed by atoms with Gasteiger partial charge < -0.3 is 9.80 Å². The van der Waals surface area contributed by atoms with Crippen molar-refractivity contribution in [2.24, 2.45) is 5.41 Å². The molecule has 7 nitrogen and oxygen atoms in total. The van der Waals surface area contributed by atoms with Crippen molar-refractivity contribution in [3.05, 3.63) is 29.3 Å². The van der Waals surface area contributed by atoms with Gasteiger partial charge in [-0.1, -0.05) is 38.5 Å². The van der Waals surface area contributed by atoms with Gasteiger partial charge in [0.15, 0.2) is 0 Å². The smallest absolute Gasteiger partial charge is 0.240 e. The molecule has 28 heavy (non-hydrogen) atoms. The monoisotopic (exact) mass is 409 g/mol. The number of carbonyl (C=O) groups is 2. The summed E-state index contributed by atoms with van der Waals surface area (Å²) in [5.74, 6) is -0.0213. The summed E-state index contributed by atoms with van der Waals surface area (Å²) in [6, 6.07) is 5.16. The summed E-state index contributed by atoms with van der Waals surface area (Å²) in [6.07, 6.45) is 0.0946. The van der Waals surface area contributed by atoms with Crippen LogP contribution in [-0.4, -0.2) is 62.8 Å². The highest BCUT2D eigenvalue weighted by Gasteiger charge is 2.30. The summed E-state index contributed by atoms with van der Waals surface area (Å²) >= 11 is 0. The molecule has 156 valence electrons. The minimum atomic E-state index is -3.64. The second-order valence-corrected chi connectivity index (χ2v) is 10.1. The Bertz CT molecular complexity index is 835. The van der Waals surface area contributed by atoms with Gasteiger partial charge >= 0.3 is 0 Å². The topological polar surface area (TPSA) is 86.8 Å². The number of carbonyl (C=O) groups excluding carboxylic acids is 2. The van der Waals surface area contributed by atoms with Crippen molar-refractivity contribution in [3.8, 4) is 0 Å². The molecule has 0 aliphatic carbocycles. The molecule has 1 heterocycles. The van der Waals surface area contributed by atoms with Crippen LogP contribution in [0.4, 0.5) is 0 Å². The summed E-state index contributed by atoms with van der Waals surface area (Å²) in [5, 5.41) is 0. The van der Waals surface area contributed by atoms with E-state index < -0.39 is 15.4 Å². The molecule has 1 saturated heterocycles. The Labute approximate surface area is 168 Å². The van der Waals surface area contributed by atoms with Crippen LogP contribution in [0.3, 0.4) is 0 Å². The zero-order chi connectivity index (χ0) is 21.1. The fourth-order valence-corrected chi connectivity index (χ4v) is 4.52. The second kappa shape index (κ2) is 8.61. The van der Waals surface area contributed by atoms with Crippen molar-refractivity contribution in [2.45, 2.75) is 45.9 Å². The van der Waals surface area contributed by atoms with Crippen molar-refractivity contribution < 1.29 is 18.0 Å². The van der Waals surface area contributed by atoms with Crippen LogP contribution in [0.5, 0.6) is 0 Å². The van der Waals surface area contributed by atoms with E-state index in [9.17, 15) is 18.0 Å². The first-order valence-electron chi connectivity index (χ1n) is 9.56. The Morgan fingerprint density at radius 2 is 1.61 bits per heavy atom. The maximum Gasteiger partial charge on any atom is 0.240 e. The average Bonchev–Trinajstić information content (AvgIpc) is 2.59. The molecule has 0 unspecified atom stereocenters. The van der Waals surface area contributed by atoms with E-state index in [-0.39, 0.29) is 29.7 Å². The quantitative estimate of drug-likeness (QED) is 0.802. The van der Waals surface area contributed by atoms with E-state index in [0.29, 0.717) is 31.7 Å². The van der Waals surface area contributed by atoms with E-state index >= 15 is 0 Å². The number of sulfonamides is 1. The molecule has 0 bridgehead atoms. The number of nitrogens with zero attached hydrogens (tertiary/aromatic N) is 2. The van der Waals surface area contributed by atoms with E-state index in [1.54, 1.807) is 28.9 Å². The molecule has 2 rings (SSSR count). The third kappa shape index (κ3) is 5.54. The van der Waals surface area contributed by atoms with E-state index in [1.165, 1.54) is 0 Å². The normalized spacial score (nSPS) is 15.6. The fraction of sp³-hybridized carbons (Fsp3) is 0.600. The van der Waals surface area contributed by atoms with Gasteiger partial charge in [-0.25, -0.2) is 13.1 Å². The largest absolute Gasteiger partial charge is 0.339 e. The first-order valence-corrected chi connectivity index (χ1v) is 11.0. The van der Waals surface area contributed by atoms with Crippen molar-refractivity contribution in [2.75, 3.05) is 32.7 Å². The second-order valence-electron chi connectivity index (χ2n) is 8.34. The third-order valence-electron chi connectivity index (χ3n) is 4.81. The zero-order valence-corrected chi connectivity index (χ0v) is 18.2. The number of rotatable bonds is 5. The van der Waals surface area contributed by atoms with Gasteiger partial charge in [0.25, 0.3) is 0 Å². The summed E-state index contributed by atoms with van der Waals surface area (Å²) in [4.78, 5) is 28.4. The molecular weight excluding hydrogens is 378 g/mol. The fourth-order valence-electron chi connectivity index (χ4n) is 3.26. The number of aryl methyl sites for hydroxylation is 2. The maximum atomic E-state index is 12.5. The lowest BCUT2D eigenvalue weighted by Gasteiger charge is -2.37. The SMILES string of the molecule is Cc1ccc(S(=O)(=O)NCCC(=O)N2CCN(C(=O)C(C)(C)C)CC2)c(C)c1. The minimum absolute atomic E-state index is 0.0512. The summed E-state index contributed by atoms with van der Waals surface area (Å²) in [7, 11) is -3.64. The Balaban J connectivity index is 1.84. The van der Waals surface area contributed by atoms with Gasteiger partial charge in [0.1, 0.15) is 0 Å². The van der Waals surface area contributed by atoms with Gasteiger partial charge in [0.2, 0.25) is 21.8 Å². The molecule has 1 fully saturated rings. The molecule has 1 aromatic carbocycles. The van der Waals surface area contributed by atoms with Crippen LogP contribution < -0.4 is 4.72 Å². The van der Waals surface area contributed by atoms with Crippen LogP contribution in [0, 0.1) is 19.3 Å². The number of piperazine rings is 1. The van der Waals surface area contributed by atoms with E-state index in [4.69, 9.17) is 0 Å². The number of hydrogen-bond donors (Lipinski definition) is 1.